The average Bonchev–Trinajstić information content (AvgIpc) is 3.11. The van der Waals surface area contributed by atoms with Crippen LogP contribution in [0, 0.1) is 0 Å². The molecule has 8 atom stereocenters. The molecule has 0 spiro atoms. The van der Waals surface area contributed by atoms with Gasteiger partial charge < -0.3 is 63.8 Å². The van der Waals surface area contributed by atoms with Gasteiger partial charge in [0.2, 0.25) is 12.0 Å². The molecular weight excluding hydrogens is 448 g/mol. The molecule has 0 radical (unpaired) electrons. The van der Waals surface area contributed by atoms with Crippen molar-refractivity contribution in [1.29, 1.82) is 0 Å². The maximum atomic E-state index is 10.6. The van der Waals surface area contributed by atoms with Gasteiger partial charge in [0.05, 0.1) is 41.2 Å². The summed E-state index contributed by atoms with van der Waals surface area (Å²) in [6.45, 7) is -1.86. The summed E-state index contributed by atoms with van der Waals surface area (Å²) in [5.41, 5.74) is -1.97. The highest BCUT2D eigenvalue weighted by Crippen LogP contribution is 2.42. The molecule has 2 aliphatic rings. The molecular formula is C20H30O13. The lowest BCUT2D eigenvalue weighted by molar-refractivity contribution is -0.318. The normalized spacial score (nSPS) is 36.5. The van der Waals surface area contributed by atoms with Gasteiger partial charge in [0.1, 0.15) is 35.8 Å². The van der Waals surface area contributed by atoms with Crippen LogP contribution < -0.4 is 18.9 Å². The van der Waals surface area contributed by atoms with Gasteiger partial charge in [-0.3, -0.25) is 0 Å². The third-order valence-electron chi connectivity index (χ3n) is 5.59. The number of hydrogen-bond acceptors (Lipinski definition) is 13. The smallest absolute Gasteiger partial charge is 0.229 e. The van der Waals surface area contributed by atoms with Crippen molar-refractivity contribution < 1.29 is 63.8 Å². The number of rotatable bonds is 9. The second-order valence-electron chi connectivity index (χ2n) is 7.67. The van der Waals surface area contributed by atoms with Crippen molar-refractivity contribution in [2.24, 2.45) is 0 Å². The van der Waals surface area contributed by atoms with E-state index in [1.807, 2.05) is 0 Å². The van der Waals surface area contributed by atoms with Crippen molar-refractivity contribution in [2.45, 2.75) is 48.7 Å². The summed E-state index contributed by atoms with van der Waals surface area (Å²) in [6.07, 6.45) is -10.4. The van der Waals surface area contributed by atoms with Gasteiger partial charge in [0, 0.05) is 12.1 Å². The summed E-state index contributed by atoms with van der Waals surface area (Å²) in [5, 5.41) is 60.3. The first kappa shape index (κ1) is 25.7. The van der Waals surface area contributed by atoms with Gasteiger partial charge in [0.25, 0.3) is 0 Å². The molecule has 0 unspecified atom stereocenters. The van der Waals surface area contributed by atoms with Crippen molar-refractivity contribution in [3.05, 3.63) is 12.1 Å². The summed E-state index contributed by atoms with van der Waals surface area (Å²) >= 11 is 0. The maximum Gasteiger partial charge on any atom is 0.229 e. The van der Waals surface area contributed by atoms with Gasteiger partial charge in [-0.1, -0.05) is 0 Å². The Kier molecular flexibility index (Phi) is 8.21. The molecule has 13 nitrogen and oxygen atoms in total. The molecule has 0 amide bonds. The zero-order chi connectivity index (χ0) is 24.3. The molecule has 0 saturated carbocycles. The van der Waals surface area contributed by atoms with E-state index in [0.29, 0.717) is 5.75 Å². The highest BCUT2D eigenvalue weighted by molar-refractivity contribution is 5.55. The molecule has 3 rings (SSSR count). The van der Waals surface area contributed by atoms with E-state index in [1.165, 1.54) is 33.5 Å². The second-order valence-corrected chi connectivity index (χ2v) is 7.67. The quantitative estimate of drug-likeness (QED) is 0.216. The van der Waals surface area contributed by atoms with Crippen LogP contribution in [0.1, 0.15) is 0 Å². The molecule has 0 bridgehead atoms. The fraction of sp³-hybridized carbons (Fsp3) is 0.700. The number of methoxy groups -OCH3 is 3. The minimum absolute atomic E-state index is 0.142. The molecule has 2 aliphatic heterocycles. The molecule has 0 aliphatic carbocycles. The Morgan fingerprint density at radius 3 is 2.09 bits per heavy atom. The fourth-order valence-corrected chi connectivity index (χ4v) is 3.62. The van der Waals surface area contributed by atoms with Crippen LogP contribution in [0.4, 0.5) is 0 Å². The second kappa shape index (κ2) is 10.5. The SMILES string of the molecule is COc1cc(O[C@@H]2O[C@H](CO)[C@@H](O)[C@H](O)[C@H]2O[C@@H]2OC[C@](O)(CO)[C@H]2O)cc(OC)c1OC. The predicted molar refractivity (Wildman–Crippen MR) is 107 cm³/mol. The van der Waals surface area contributed by atoms with Gasteiger partial charge >= 0.3 is 0 Å². The lowest BCUT2D eigenvalue weighted by atomic mass is 9.98. The van der Waals surface area contributed by atoms with Crippen LogP contribution in [0.2, 0.25) is 0 Å². The zero-order valence-electron chi connectivity index (χ0n) is 18.4. The molecule has 6 N–H and O–H groups in total. The predicted octanol–water partition coefficient (Wildman–Crippen LogP) is -2.64. The van der Waals surface area contributed by atoms with Crippen LogP contribution in [-0.2, 0) is 14.2 Å². The van der Waals surface area contributed by atoms with E-state index in [4.69, 9.17) is 33.2 Å². The van der Waals surface area contributed by atoms with E-state index in [2.05, 4.69) is 0 Å². The molecule has 1 aromatic rings. The fourth-order valence-electron chi connectivity index (χ4n) is 3.62. The highest BCUT2D eigenvalue weighted by atomic mass is 16.8. The van der Waals surface area contributed by atoms with Crippen LogP contribution in [0.5, 0.6) is 23.0 Å². The van der Waals surface area contributed by atoms with Gasteiger partial charge in [-0.2, -0.15) is 0 Å². The number of aliphatic hydroxyl groups excluding tert-OH is 5. The number of benzene rings is 1. The molecule has 1 aromatic carbocycles. The van der Waals surface area contributed by atoms with E-state index in [-0.39, 0.29) is 17.2 Å². The monoisotopic (exact) mass is 478 g/mol. The minimum Gasteiger partial charge on any atom is -0.493 e. The first-order valence-electron chi connectivity index (χ1n) is 10.1. The first-order chi connectivity index (χ1) is 15.7. The maximum absolute atomic E-state index is 10.6. The van der Waals surface area contributed by atoms with E-state index < -0.39 is 68.5 Å². The van der Waals surface area contributed by atoms with E-state index in [1.54, 1.807) is 0 Å². The van der Waals surface area contributed by atoms with E-state index >= 15 is 0 Å². The van der Waals surface area contributed by atoms with Gasteiger partial charge in [0.15, 0.2) is 23.9 Å². The van der Waals surface area contributed by atoms with Crippen molar-refractivity contribution >= 4 is 0 Å². The van der Waals surface area contributed by atoms with Crippen LogP contribution in [0.15, 0.2) is 12.1 Å². The molecule has 188 valence electrons. The Balaban J connectivity index is 1.88. The Bertz CT molecular complexity index is 766. The largest absolute Gasteiger partial charge is 0.493 e. The molecule has 33 heavy (non-hydrogen) atoms. The van der Waals surface area contributed by atoms with Crippen LogP contribution in [0.25, 0.3) is 0 Å². The summed E-state index contributed by atoms with van der Waals surface area (Å²) < 4.78 is 38.1. The third-order valence-corrected chi connectivity index (χ3v) is 5.59. The summed E-state index contributed by atoms with van der Waals surface area (Å²) in [4.78, 5) is 0. The molecule has 0 aromatic heterocycles. The number of hydrogen-bond donors (Lipinski definition) is 6. The summed E-state index contributed by atoms with van der Waals surface area (Å²) in [6, 6.07) is 2.91. The van der Waals surface area contributed by atoms with Crippen molar-refractivity contribution in [2.75, 3.05) is 41.2 Å². The Labute approximate surface area is 189 Å². The van der Waals surface area contributed by atoms with Crippen LogP contribution >= 0.6 is 0 Å². The topological polar surface area (TPSA) is 186 Å². The molecule has 13 heteroatoms. The van der Waals surface area contributed by atoms with E-state index in [0.717, 1.165) is 0 Å². The minimum atomic E-state index is -1.97. The molecule has 2 heterocycles. The third kappa shape index (κ3) is 4.96. The van der Waals surface area contributed by atoms with Crippen molar-refractivity contribution in [3.8, 4) is 23.0 Å². The summed E-state index contributed by atoms with van der Waals surface area (Å²) in [5.74, 6) is 0.978. The standard InChI is InChI=1S/C20H30O13/c1-27-10-4-9(5-11(28-2)15(10)29-3)31-18-16(14(24)13(23)12(6-21)32-18)33-19-17(25)20(26,7-22)8-30-19/h4-5,12-14,16-19,21-26H,6-8H2,1-3H3/t12-,13-,14+,16-,17+,18-,19+,20-/m1/s1. The van der Waals surface area contributed by atoms with Crippen molar-refractivity contribution in [1.82, 2.24) is 0 Å². The number of aliphatic hydroxyl groups is 6. The lowest BCUT2D eigenvalue weighted by Gasteiger charge is -2.42. The Morgan fingerprint density at radius 1 is 0.970 bits per heavy atom. The zero-order valence-corrected chi connectivity index (χ0v) is 18.4. The van der Waals surface area contributed by atoms with E-state index in [9.17, 15) is 30.6 Å². The summed E-state index contributed by atoms with van der Waals surface area (Å²) in [7, 11) is 4.25. The highest BCUT2D eigenvalue weighted by Gasteiger charge is 2.53. The van der Waals surface area contributed by atoms with Crippen molar-refractivity contribution in [3.63, 3.8) is 0 Å². The van der Waals surface area contributed by atoms with Gasteiger partial charge in [-0.25, -0.2) is 0 Å². The Morgan fingerprint density at radius 2 is 1.61 bits per heavy atom. The average molecular weight is 478 g/mol. The van der Waals surface area contributed by atoms with Gasteiger partial charge in [-0.05, 0) is 0 Å². The van der Waals surface area contributed by atoms with Crippen LogP contribution in [0.3, 0.4) is 0 Å². The Hall–Kier alpha value is -1.94. The molecule has 2 fully saturated rings. The van der Waals surface area contributed by atoms with Crippen LogP contribution in [-0.4, -0.2) is 120 Å². The molecule has 2 saturated heterocycles. The van der Waals surface area contributed by atoms with Gasteiger partial charge in [-0.15, -0.1) is 0 Å². The number of ether oxygens (including phenoxy) is 7. The first-order valence-corrected chi connectivity index (χ1v) is 10.1. The lowest BCUT2D eigenvalue weighted by Crippen LogP contribution is -2.62.